The van der Waals surface area contributed by atoms with Gasteiger partial charge in [0.2, 0.25) is 0 Å². The maximum absolute atomic E-state index is 8.49. The van der Waals surface area contributed by atoms with Crippen LogP contribution in [0.4, 0.5) is 0 Å². The minimum Gasteiger partial charge on any atom is -0.222 e. The van der Waals surface area contributed by atoms with Gasteiger partial charge in [-0.2, -0.15) is 0 Å². The molecule has 1 aliphatic rings. The first-order valence-corrected chi connectivity index (χ1v) is 10.6. The van der Waals surface area contributed by atoms with E-state index < -0.39 is 17.5 Å². The highest BCUT2D eigenvalue weighted by Crippen LogP contribution is 2.58. The van der Waals surface area contributed by atoms with Crippen LogP contribution in [0.3, 0.4) is 0 Å². The summed E-state index contributed by atoms with van der Waals surface area (Å²) < 4.78 is 34.0. The summed E-state index contributed by atoms with van der Waals surface area (Å²) in [6.07, 6.45) is 8.48. The van der Waals surface area contributed by atoms with Crippen molar-refractivity contribution in [3.05, 3.63) is 72.8 Å². The molecule has 0 radical (unpaired) electrons. The molecule has 4 nitrogen and oxygen atoms in total. The Balaban J connectivity index is 0.000000338. The highest BCUT2D eigenvalue weighted by molar-refractivity contribution is 7.89. The lowest BCUT2D eigenvalue weighted by atomic mass is 10.4. The third-order valence-corrected chi connectivity index (χ3v) is 8.19. The van der Waals surface area contributed by atoms with Gasteiger partial charge in [0.25, 0.3) is 0 Å². The van der Waals surface area contributed by atoms with Crippen molar-refractivity contribution in [2.24, 2.45) is 0 Å². The Morgan fingerprint density at radius 2 is 1.13 bits per heavy atom. The molecule has 122 valence electrons. The van der Waals surface area contributed by atoms with Crippen LogP contribution in [0.15, 0.2) is 72.8 Å². The third kappa shape index (κ3) is 5.40. The van der Waals surface area contributed by atoms with Crippen molar-refractivity contribution in [3.63, 3.8) is 0 Å². The minimum absolute atomic E-state index is 1.18. The van der Waals surface area contributed by atoms with Crippen LogP contribution in [-0.4, -0.2) is 12.3 Å². The van der Waals surface area contributed by atoms with E-state index in [0.717, 1.165) is 0 Å². The zero-order valence-electron chi connectivity index (χ0n) is 12.5. The van der Waals surface area contributed by atoms with E-state index in [2.05, 4.69) is 72.8 Å². The molecule has 0 saturated heterocycles. The fourth-order valence-electron chi connectivity index (χ4n) is 2.80. The first kappa shape index (κ1) is 18.1. The Bertz CT molecular complexity index is 581. The fraction of sp³-hybridized carbons (Fsp3) is 0.176. The topological polar surface area (TPSA) is 92.2 Å². The molecule has 23 heavy (non-hydrogen) atoms. The predicted octanol–water partition coefficient (Wildman–Crippen LogP) is -1.14. The lowest BCUT2D eigenvalue weighted by Gasteiger charge is -2.28. The highest BCUT2D eigenvalue weighted by atomic mass is 35.7. The normalized spacial score (nSPS) is 16.3. The molecule has 3 rings (SSSR count). The number of benzene rings is 2. The van der Waals surface area contributed by atoms with E-state index in [-0.39, 0.29) is 0 Å². The Morgan fingerprint density at radius 3 is 1.48 bits per heavy atom. The maximum Gasteiger partial charge on any atom is 0.0995 e. The third-order valence-electron chi connectivity index (χ3n) is 3.76. The molecule has 0 bridgehead atoms. The maximum atomic E-state index is 8.49. The van der Waals surface area contributed by atoms with E-state index in [9.17, 15) is 0 Å². The zero-order valence-corrected chi connectivity index (χ0v) is 14.2. The first-order valence-electron chi connectivity index (χ1n) is 7.17. The summed E-state index contributed by atoms with van der Waals surface area (Å²) >= 11 is 0. The molecule has 6 heteroatoms. The van der Waals surface area contributed by atoms with Gasteiger partial charge in [-0.3, -0.25) is 0 Å². The number of hydrogen-bond donors (Lipinski definition) is 0. The van der Waals surface area contributed by atoms with E-state index in [0.29, 0.717) is 0 Å². The van der Waals surface area contributed by atoms with Gasteiger partial charge in [0.1, 0.15) is 0 Å². The number of rotatable bonds is 2. The van der Waals surface area contributed by atoms with Gasteiger partial charge in [0.05, 0.1) is 30.2 Å². The first-order chi connectivity index (χ1) is 10.9. The number of hydrogen-bond acceptors (Lipinski definition) is 4. The Kier molecular flexibility index (Phi) is 6.31. The summed E-state index contributed by atoms with van der Waals surface area (Å²) in [5.74, 6) is 0. The van der Waals surface area contributed by atoms with E-state index in [1.54, 1.807) is 10.6 Å². The molecule has 0 N–H and O–H groups in total. The van der Waals surface area contributed by atoms with Crippen molar-refractivity contribution in [1.82, 2.24) is 0 Å². The van der Waals surface area contributed by atoms with Crippen molar-refractivity contribution in [2.45, 2.75) is 6.42 Å². The quantitative estimate of drug-likeness (QED) is 0.504. The van der Waals surface area contributed by atoms with Crippen molar-refractivity contribution >= 4 is 17.9 Å². The van der Waals surface area contributed by atoms with Crippen molar-refractivity contribution < 1.29 is 28.9 Å². The molecular formula is C17H18ClO4P. The largest absolute Gasteiger partial charge is 0.222 e. The van der Waals surface area contributed by atoms with Crippen LogP contribution in [0, 0.1) is 10.2 Å². The second-order valence-corrected chi connectivity index (χ2v) is 9.72. The molecule has 0 saturated carbocycles. The summed E-state index contributed by atoms with van der Waals surface area (Å²) in [6, 6.07) is 22.2. The summed E-state index contributed by atoms with van der Waals surface area (Å²) in [5.41, 5.74) is 0. The summed E-state index contributed by atoms with van der Waals surface area (Å²) in [7, 11) is -6.13. The standard InChI is InChI=1S/C17H18P.ClHO4/c1-4-10-16(11-5-1)18(14-8-3-9-15-18)17-12-6-2-7-13-17;2-1(3,4)5/h1-8,10-13H,9,14-15H2;(H,2,3,4,5)/q+1;/p-1. The second-order valence-electron chi connectivity index (χ2n) is 5.18. The van der Waals surface area contributed by atoms with E-state index in [1.165, 1.54) is 18.7 Å². The molecule has 2 aromatic rings. The Labute approximate surface area is 138 Å². The van der Waals surface area contributed by atoms with Gasteiger partial charge in [-0.1, -0.05) is 48.6 Å². The van der Waals surface area contributed by atoms with Crippen LogP contribution < -0.4 is 29.2 Å². The van der Waals surface area contributed by atoms with E-state index in [1.807, 2.05) is 0 Å². The van der Waals surface area contributed by atoms with Crippen LogP contribution in [0.2, 0.25) is 0 Å². The van der Waals surface area contributed by atoms with Crippen LogP contribution >= 0.6 is 7.26 Å². The molecule has 0 aromatic heterocycles. The summed E-state index contributed by atoms with van der Waals surface area (Å²) in [5, 5.41) is 3.11. The second kappa shape index (κ2) is 8.02. The van der Waals surface area contributed by atoms with Crippen LogP contribution in [0.1, 0.15) is 6.42 Å². The molecule has 0 atom stereocenters. The SMILES string of the molecule is C1=CC[P+](c2ccccc2)(c2ccccc2)CC1.[O-][Cl+3]([O-])([O-])[O-]. The molecule has 0 fully saturated rings. The molecule has 0 amide bonds. The molecule has 1 heterocycles. The van der Waals surface area contributed by atoms with Gasteiger partial charge in [0.15, 0.2) is 0 Å². The van der Waals surface area contributed by atoms with Crippen LogP contribution in [0.25, 0.3) is 0 Å². The average Bonchev–Trinajstić information content (AvgIpc) is 2.56. The Morgan fingerprint density at radius 1 is 0.696 bits per heavy atom. The molecule has 1 aliphatic heterocycles. The van der Waals surface area contributed by atoms with Crippen molar-refractivity contribution in [2.75, 3.05) is 12.3 Å². The monoisotopic (exact) mass is 352 g/mol. The molecule has 0 spiro atoms. The smallest absolute Gasteiger partial charge is 0.0995 e. The number of halogens is 1. The lowest BCUT2D eigenvalue weighted by molar-refractivity contribution is -2.00. The van der Waals surface area contributed by atoms with Crippen LogP contribution in [0.5, 0.6) is 0 Å². The summed E-state index contributed by atoms with van der Waals surface area (Å²) in [6.45, 7) is 0. The van der Waals surface area contributed by atoms with Gasteiger partial charge < -0.3 is 0 Å². The van der Waals surface area contributed by atoms with Crippen molar-refractivity contribution in [1.29, 1.82) is 0 Å². The van der Waals surface area contributed by atoms with Gasteiger partial charge in [-0.15, -0.1) is 10.2 Å². The van der Waals surface area contributed by atoms with Gasteiger partial charge in [0, 0.05) is 0 Å². The molecule has 0 aliphatic carbocycles. The number of allylic oxidation sites excluding steroid dienone is 2. The lowest BCUT2D eigenvalue weighted by Crippen LogP contribution is -2.68. The molecule has 2 aromatic carbocycles. The van der Waals surface area contributed by atoms with Crippen LogP contribution in [-0.2, 0) is 0 Å². The van der Waals surface area contributed by atoms with E-state index >= 15 is 0 Å². The van der Waals surface area contributed by atoms with Crippen molar-refractivity contribution in [3.8, 4) is 0 Å². The van der Waals surface area contributed by atoms with Gasteiger partial charge >= 0.3 is 0 Å². The van der Waals surface area contributed by atoms with Gasteiger partial charge in [-0.05, 0) is 30.7 Å². The fourth-order valence-corrected chi connectivity index (χ4v) is 6.81. The highest BCUT2D eigenvalue weighted by Gasteiger charge is 2.41. The molecular weight excluding hydrogens is 335 g/mol. The zero-order chi connectivity index (χ0) is 16.8. The Hall–Kier alpha value is -1.26. The minimum atomic E-state index is -4.94. The van der Waals surface area contributed by atoms with Gasteiger partial charge in [-0.25, -0.2) is 18.6 Å². The van der Waals surface area contributed by atoms with E-state index in [4.69, 9.17) is 18.6 Å². The summed E-state index contributed by atoms with van der Waals surface area (Å²) in [4.78, 5) is 0. The molecule has 0 unspecified atom stereocenters. The predicted molar refractivity (Wildman–Crippen MR) is 82.6 cm³/mol. The average molecular weight is 353 g/mol.